The van der Waals surface area contributed by atoms with Gasteiger partial charge in [0.05, 0.1) is 0 Å². The second-order valence-electron chi connectivity index (χ2n) is 6.50. The molecule has 0 spiro atoms. The van der Waals surface area contributed by atoms with E-state index in [0.717, 1.165) is 55.7 Å². The fourth-order valence-corrected chi connectivity index (χ4v) is 2.42. The summed E-state index contributed by atoms with van der Waals surface area (Å²) in [6, 6.07) is 2.03. The molecule has 1 unspecified atom stereocenters. The van der Waals surface area contributed by atoms with Gasteiger partial charge in [0.15, 0.2) is 0 Å². The Hall–Kier alpha value is -1.32. The molecular weight excluding hydrogens is 248 g/mol. The smallest absolute Gasteiger partial charge is 0.133 e. The number of rotatable bonds is 8. The molecule has 1 aromatic heterocycles. The largest absolute Gasteiger partial charge is 0.370 e. The minimum absolute atomic E-state index is 0.509. The molecule has 1 aliphatic carbocycles. The molecule has 0 saturated heterocycles. The predicted octanol–water partition coefficient (Wildman–Crippen LogP) is 3.71. The Balaban J connectivity index is 2.00. The van der Waals surface area contributed by atoms with Gasteiger partial charge in [-0.3, -0.25) is 0 Å². The monoisotopic (exact) mass is 276 g/mol. The quantitative estimate of drug-likeness (QED) is 0.760. The number of nitrogens with zero attached hydrogens (tertiary/aromatic N) is 2. The number of hydrogen-bond donors (Lipinski definition) is 2. The van der Waals surface area contributed by atoms with Gasteiger partial charge in [-0.05, 0) is 30.6 Å². The molecule has 1 heterocycles. The third-order valence-electron chi connectivity index (χ3n) is 4.05. The van der Waals surface area contributed by atoms with Crippen LogP contribution >= 0.6 is 0 Å². The molecule has 0 aliphatic heterocycles. The van der Waals surface area contributed by atoms with Gasteiger partial charge in [0, 0.05) is 25.6 Å². The third kappa shape index (κ3) is 4.09. The fraction of sp³-hybridized carbons (Fsp3) is 0.750. The van der Waals surface area contributed by atoms with Crippen molar-refractivity contribution in [2.45, 2.75) is 53.4 Å². The van der Waals surface area contributed by atoms with Crippen molar-refractivity contribution in [1.82, 2.24) is 9.97 Å². The molecule has 4 nitrogen and oxygen atoms in total. The van der Waals surface area contributed by atoms with Crippen LogP contribution in [0.1, 0.15) is 52.8 Å². The number of aryl methyl sites for hydroxylation is 1. The van der Waals surface area contributed by atoms with E-state index in [1.807, 2.05) is 6.07 Å². The minimum Gasteiger partial charge on any atom is -0.370 e. The van der Waals surface area contributed by atoms with E-state index in [1.54, 1.807) is 0 Å². The predicted molar refractivity (Wildman–Crippen MR) is 85.2 cm³/mol. The molecule has 2 rings (SSSR count). The fourth-order valence-electron chi connectivity index (χ4n) is 2.42. The molecule has 1 fully saturated rings. The topological polar surface area (TPSA) is 49.8 Å². The zero-order valence-corrected chi connectivity index (χ0v) is 13.3. The second-order valence-corrected chi connectivity index (χ2v) is 6.50. The molecule has 0 bridgehead atoms. The van der Waals surface area contributed by atoms with Gasteiger partial charge in [0.2, 0.25) is 0 Å². The van der Waals surface area contributed by atoms with Crippen LogP contribution in [0.3, 0.4) is 0 Å². The van der Waals surface area contributed by atoms with Crippen molar-refractivity contribution in [3.63, 3.8) is 0 Å². The first-order valence-electron chi connectivity index (χ1n) is 7.91. The van der Waals surface area contributed by atoms with Gasteiger partial charge in [-0.15, -0.1) is 0 Å². The van der Waals surface area contributed by atoms with Crippen LogP contribution in [0.4, 0.5) is 11.6 Å². The first kappa shape index (κ1) is 15.1. The van der Waals surface area contributed by atoms with E-state index in [2.05, 4.69) is 48.3 Å². The van der Waals surface area contributed by atoms with E-state index in [1.165, 1.54) is 6.42 Å². The Morgan fingerprint density at radius 1 is 1.15 bits per heavy atom. The Morgan fingerprint density at radius 2 is 1.80 bits per heavy atom. The Kier molecular flexibility index (Phi) is 4.84. The van der Waals surface area contributed by atoms with Gasteiger partial charge in [0.25, 0.3) is 0 Å². The van der Waals surface area contributed by atoms with Crippen molar-refractivity contribution in [2.24, 2.45) is 11.3 Å². The molecule has 1 aliphatic rings. The van der Waals surface area contributed by atoms with E-state index in [9.17, 15) is 0 Å². The van der Waals surface area contributed by atoms with Crippen LogP contribution in [-0.2, 0) is 6.42 Å². The molecule has 2 N–H and O–H groups in total. The van der Waals surface area contributed by atoms with Crippen LogP contribution in [0.25, 0.3) is 0 Å². The molecule has 0 radical (unpaired) electrons. The molecule has 1 saturated carbocycles. The average molecular weight is 276 g/mol. The second kappa shape index (κ2) is 6.42. The van der Waals surface area contributed by atoms with Crippen molar-refractivity contribution in [2.75, 3.05) is 23.7 Å². The van der Waals surface area contributed by atoms with Crippen molar-refractivity contribution >= 4 is 11.6 Å². The normalized spacial score (nSPS) is 19.7. The summed E-state index contributed by atoms with van der Waals surface area (Å²) in [5.41, 5.74) is 0.509. The van der Waals surface area contributed by atoms with Crippen molar-refractivity contribution in [3.05, 3.63) is 11.9 Å². The lowest BCUT2D eigenvalue weighted by molar-refractivity contribution is 0.572. The number of hydrogen-bond acceptors (Lipinski definition) is 4. The molecule has 0 amide bonds. The molecular formula is C16H28N4. The average Bonchev–Trinajstić information content (AvgIpc) is 3.02. The van der Waals surface area contributed by atoms with E-state index >= 15 is 0 Å². The molecule has 0 aromatic carbocycles. The Bertz CT molecular complexity index is 442. The Labute approximate surface area is 122 Å². The highest BCUT2D eigenvalue weighted by Crippen LogP contribution is 2.51. The van der Waals surface area contributed by atoms with Crippen LogP contribution in [0.2, 0.25) is 0 Å². The first-order valence-corrected chi connectivity index (χ1v) is 7.91. The van der Waals surface area contributed by atoms with E-state index in [4.69, 9.17) is 0 Å². The van der Waals surface area contributed by atoms with Gasteiger partial charge in [-0.25, -0.2) is 9.97 Å². The van der Waals surface area contributed by atoms with Gasteiger partial charge in [-0.2, -0.15) is 0 Å². The summed E-state index contributed by atoms with van der Waals surface area (Å²) in [6.45, 7) is 11.0. The highest BCUT2D eigenvalue weighted by molar-refractivity contribution is 5.47. The maximum atomic E-state index is 4.62. The standard InChI is InChI=1S/C16H28N4/c1-5-7-13-19-14(17-8-6-2)9-15(20-13)18-11-12-10-16(12,3)4/h9,12H,5-8,10-11H2,1-4H3,(H2,17,18,19,20). The van der Waals surface area contributed by atoms with Gasteiger partial charge >= 0.3 is 0 Å². The number of anilines is 2. The van der Waals surface area contributed by atoms with Crippen LogP contribution < -0.4 is 10.6 Å². The summed E-state index contributed by atoms with van der Waals surface area (Å²) < 4.78 is 0. The molecule has 4 heteroatoms. The summed E-state index contributed by atoms with van der Waals surface area (Å²) in [5, 5.41) is 6.85. The summed E-state index contributed by atoms with van der Waals surface area (Å²) in [7, 11) is 0. The maximum absolute atomic E-state index is 4.62. The molecule has 20 heavy (non-hydrogen) atoms. The van der Waals surface area contributed by atoms with Crippen LogP contribution in [0.15, 0.2) is 6.07 Å². The van der Waals surface area contributed by atoms with E-state index < -0.39 is 0 Å². The zero-order valence-electron chi connectivity index (χ0n) is 13.3. The number of aromatic nitrogens is 2. The lowest BCUT2D eigenvalue weighted by atomic mass is 10.1. The van der Waals surface area contributed by atoms with Gasteiger partial charge in [0.1, 0.15) is 17.5 Å². The molecule has 112 valence electrons. The van der Waals surface area contributed by atoms with Crippen LogP contribution in [0, 0.1) is 11.3 Å². The van der Waals surface area contributed by atoms with Gasteiger partial charge in [-0.1, -0.05) is 27.7 Å². The van der Waals surface area contributed by atoms with Crippen molar-refractivity contribution in [3.8, 4) is 0 Å². The van der Waals surface area contributed by atoms with Crippen molar-refractivity contribution < 1.29 is 0 Å². The molecule has 1 atom stereocenters. The van der Waals surface area contributed by atoms with E-state index in [-0.39, 0.29) is 0 Å². The Morgan fingerprint density at radius 3 is 2.35 bits per heavy atom. The van der Waals surface area contributed by atoms with Crippen LogP contribution in [0.5, 0.6) is 0 Å². The highest BCUT2D eigenvalue weighted by Gasteiger charge is 2.44. The SMILES string of the molecule is CCCNc1cc(NCC2CC2(C)C)nc(CCC)n1. The van der Waals surface area contributed by atoms with Crippen LogP contribution in [-0.4, -0.2) is 23.1 Å². The minimum atomic E-state index is 0.509. The lowest BCUT2D eigenvalue weighted by Gasteiger charge is -2.11. The zero-order chi connectivity index (χ0) is 14.6. The first-order chi connectivity index (χ1) is 9.55. The maximum Gasteiger partial charge on any atom is 0.133 e. The summed E-state index contributed by atoms with van der Waals surface area (Å²) in [4.78, 5) is 9.19. The molecule has 1 aromatic rings. The van der Waals surface area contributed by atoms with E-state index in [0.29, 0.717) is 5.41 Å². The van der Waals surface area contributed by atoms with Gasteiger partial charge < -0.3 is 10.6 Å². The highest BCUT2D eigenvalue weighted by atomic mass is 15.1. The van der Waals surface area contributed by atoms with Crippen molar-refractivity contribution in [1.29, 1.82) is 0 Å². The third-order valence-corrected chi connectivity index (χ3v) is 4.05. The summed E-state index contributed by atoms with van der Waals surface area (Å²) in [5.74, 6) is 3.62. The number of nitrogens with one attached hydrogen (secondary N) is 2. The summed E-state index contributed by atoms with van der Waals surface area (Å²) >= 11 is 0. The lowest BCUT2D eigenvalue weighted by Crippen LogP contribution is -2.12. The summed E-state index contributed by atoms with van der Waals surface area (Å²) in [6.07, 6.45) is 4.43.